The third kappa shape index (κ3) is 4.42. The molecular formula is C23H27ClN4O3S. The van der Waals surface area contributed by atoms with Crippen molar-refractivity contribution >= 4 is 27.5 Å². The first-order chi connectivity index (χ1) is 15.1. The number of halogens is 1. The van der Waals surface area contributed by atoms with Gasteiger partial charge < -0.3 is 9.47 Å². The van der Waals surface area contributed by atoms with E-state index >= 15 is 0 Å². The average molecular weight is 475 g/mol. The van der Waals surface area contributed by atoms with Crippen molar-refractivity contribution in [1.82, 2.24) is 9.47 Å². The molecule has 1 amide bonds. The van der Waals surface area contributed by atoms with Gasteiger partial charge in [0.2, 0.25) is 15.9 Å². The summed E-state index contributed by atoms with van der Waals surface area (Å²) in [5, 5.41) is 14.7. The average Bonchev–Trinajstić information content (AvgIpc) is 3.32. The highest BCUT2D eigenvalue weighted by Crippen LogP contribution is 2.53. The fourth-order valence-electron chi connectivity index (χ4n) is 4.78. The van der Waals surface area contributed by atoms with Crippen LogP contribution in [0.25, 0.3) is 0 Å². The van der Waals surface area contributed by atoms with Crippen LogP contribution in [0.1, 0.15) is 54.8 Å². The first kappa shape index (κ1) is 22.8. The summed E-state index contributed by atoms with van der Waals surface area (Å²) < 4.78 is 26.2. The number of primary sulfonamides is 1. The number of benzene rings is 1. The van der Waals surface area contributed by atoms with Crippen molar-refractivity contribution in [2.24, 2.45) is 10.6 Å². The molecule has 2 fully saturated rings. The van der Waals surface area contributed by atoms with Crippen molar-refractivity contribution in [3.05, 3.63) is 52.3 Å². The number of amides is 1. The SMILES string of the molecule is Cc1ccc(C(CCn2cccc2C#N)C(=O)N2CCC3(CC2)CC3)c(Cl)c1S(N)(=O)=O. The van der Waals surface area contributed by atoms with E-state index in [1.165, 1.54) is 12.8 Å². The van der Waals surface area contributed by atoms with Gasteiger partial charge in [0.05, 0.1) is 10.9 Å². The number of nitrogens with zero attached hydrogens (tertiary/aromatic N) is 3. The highest BCUT2D eigenvalue weighted by molar-refractivity contribution is 7.89. The third-order valence-electron chi connectivity index (χ3n) is 6.98. The van der Waals surface area contributed by atoms with Crippen molar-refractivity contribution in [1.29, 1.82) is 5.26 Å². The molecule has 2 aromatic rings. The molecular weight excluding hydrogens is 448 g/mol. The molecule has 2 N–H and O–H groups in total. The normalized spacial score (nSPS) is 18.4. The summed E-state index contributed by atoms with van der Waals surface area (Å²) in [6.45, 7) is 3.46. The molecule has 1 unspecified atom stereocenters. The second-order valence-corrected chi connectivity index (χ2v) is 10.9. The molecule has 7 nitrogen and oxygen atoms in total. The second kappa shape index (κ2) is 8.54. The van der Waals surface area contributed by atoms with Crippen LogP contribution < -0.4 is 5.14 Å². The van der Waals surface area contributed by atoms with Crippen molar-refractivity contribution in [2.75, 3.05) is 13.1 Å². The number of hydrogen-bond donors (Lipinski definition) is 1. The Bertz CT molecular complexity index is 1180. The van der Waals surface area contributed by atoms with Gasteiger partial charge in [-0.05, 0) is 67.7 Å². The first-order valence-corrected chi connectivity index (χ1v) is 12.7. The Morgan fingerprint density at radius 2 is 1.94 bits per heavy atom. The van der Waals surface area contributed by atoms with Gasteiger partial charge in [-0.25, -0.2) is 13.6 Å². The fraction of sp³-hybridized carbons (Fsp3) is 0.478. The van der Waals surface area contributed by atoms with Crippen LogP contribution in [0.3, 0.4) is 0 Å². The van der Waals surface area contributed by atoms with Crippen LogP contribution in [0.4, 0.5) is 0 Å². The van der Waals surface area contributed by atoms with E-state index in [4.69, 9.17) is 16.7 Å². The number of carbonyl (C=O) groups is 1. The highest BCUT2D eigenvalue weighted by Gasteiger charge is 2.45. The van der Waals surface area contributed by atoms with Crippen LogP contribution in [0, 0.1) is 23.7 Å². The molecule has 1 saturated heterocycles. The molecule has 2 heterocycles. The van der Waals surface area contributed by atoms with Crippen LogP contribution in [-0.4, -0.2) is 36.9 Å². The number of rotatable bonds is 6. The molecule has 2 aliphatic rings. The Balaban J connectivity index is 1.67. The minimum absolute atomic E-state index is 0.00883. The Kier molecular flexibility index (Phi) is 6.10. The maximum absolute atomic E-state index is 13.7. The van der Waals surface area contributed by atoms with Crippen molar-refractivity contribution < 1.29 is 13.2 Å². The lowest BCUT2D eigenvalue weighted by atomic mass is 9.89. The summed E-state index contributed by atoms with van der Waals surface area (Å²) in [5.74, 6) is -0.692. The minimum Gasteiger partial charge on any atom is -0.342 e. The lowest BCUT2D eigenvalue weighted by molar-refractivity contribution is -0.134. The molecule has 1 aromatic carbocycles. The molecule has 1 aliphatic heterocycles. The topological polar surface area (TPSA) is 109 Å². The number of nitriles is 1. The molecule has 1 aromatic heterocycles. The van der Waals surface area contributed by atoms with E-state index in [0.717, 1.165) is 12.8 Å². The largest absolute Gasteiger partial charge is 0.342 e. The van der Waals surface area contributed by atoms with Crippen LogP contribution in [0.2, 0.25) is 5.02 Å². The zero-order valence-electron chi connectivity index (χ0n) is 18.1. The Morgan fingerprint density at radius 3 is 2.53 bits per heavy atom. The summed E-state index contributed by atoms with van der Waals surface area (Å²) in [6, 6.07) is 9.01. The predicted octanol–water partition coefficient (Wildman–Crippen LogP) is 3.55. The van der Waals surface area contributed by atoms with Gasteiger partial charge in [-0.2, -0.15) is 5.26 Å². The van der Waals surface area contributed by atoms with E-state index in [9.17, 15) is 18.5 Å². The first-order valence-electron chi connectivity index (χ1n) is 10.8. The van der Waals surface area contributed by atoms with Gasteiger partial charge in [0, 0.05) is 25.8 Å². The standard InChI is InChI=1S/C23H27ClN4O3S/c1-16-4-5-18(20(24)21(16)32(26,30)31)19(6-12-27-11-2-3-17(27)15-25)22(29)28-13-9-23(7-8-23)10-14-28/h2-5,11,19H,6-10,12-14H2,1H3,(H2,26,30,31). The van der Waals surface area contributed by atoms with E-state index < -0.39 is 15.9 Å². The van der Waals surface area contributed by atoms with Gasteiger partial charge in [0.25, 0.3) is 0 Å². The van der Waals surface area contributed by atoms with Gasteiger partial charge in [-0.3, -0.25) is 4.79 Å². The van der Waals surface area contributed by atoms with E-state index in [-0.39, 0.29) is 15.8 Å². The lowest BCUT2D eigenvalue weighted by Crippen LogP contribution is -2.42. The Hall–Kier alpha value is -2.34. The van der Waals surface area contributed by atoms with Crippen molar-refractivity contribution in [2.45, 2.75) is 56.4 Å². The van der Waals surface area contributed by atoms with E-state index in [1.807, 2.05) is 4.90 Å². The molecule has 1 aliphatic carbocycles. The smallest absolute Gasteiger partial charge is 0.239 e. The molecule has 1 spiro atoms. The number of aryl methyl sites for hydroxylation is 2. The molecule has 0 radical (unpaired) electrons. The van der Waals surface area contributed by atoms with E-state index in [0.29, 0.717) is 48.3 Å². The summed E-state index contributed by atoms with van der Waals surface area (Å²) in [6.07, 6.45) is 6.67. The minimum atomic E-state index is -4.05. The monoisotopic (exact) mass is 474 g/mol. The van der Waals surface area contributed by atoms with E-state index in [2.05, 4.69) is 6.07 Å². The van der Waals surface area contributed by atoms with Crippen LogP contribution >= 0.6 is 11.6 Å². The predicted molar refractivity (Wildman–Crippen MR) is 122 cm³/mol. The molecule has 1 saturated carbocycles. The number of aromatic nitrogens is 1. The maximum atomic E-state index is 13.7. The zero-order chi connectivity index (χ0) is 23.1. The van der Waals surface area contributed by atoms with Crippen LogP contribution in [0.5, 0.6) is 0 Å². The highest BCUT2D eigenvalue weighted by atomic mass is 35.5. The molecule has 1 atom stereocenters. The van der Waals surface area contributed by atoms with Gasteiger partial charge in [0.1, 0.15) is 16.7 Å². The summed E-state index contributed by atoms with van der Waals surface area (Å²) in [4.78, 5) is 15.4. The molecule has 4 rings (SSSR count). The number of sulfonamides is 1. The maximum Gasteiger partial charge on any atom is 0.239 e. The Labute approximate surface area is 193 Å². The number of carbonyl (C=O) groups excluding carboxylic acids is 1. The van der Waals surface area contributed by atoms with Gasteiger partial charge >= 0.3 is 0 Å². The van der Waals surface area contributed by atoms with Gasteiger partial charge in [0.15, 0.2) is 0 Å². The van der Waals surface area contributed by atoms with E-state index in [1.54, 1.807) is 42.0 Å². The molecule has 9 heteroatoms. The van der Waals surface area contributed by atoms with Crippen LogP contribution in [0.15, 0.2) is 35.4 Å². The molecule has 32 heavy (non-hydrogen) atoms. The summed E-state index contributed by atoms with van der Waals surface area (Å²) >= 11 is 6.56. The number of hydrogen-bond acceptors (Lipinski definition) is 4. The third-order valence-corrected chi connectivity index (χ3v) is 8.59. The van der Waals surface area contributed by atoms with Crippen molar-refractivity contribution in [3.8, 4) is 6.07 Å². The lowest BCUT2D eigenvalue weighted by Gasteiger charge is -2.35. The number of likely N-dealkylation sites (tertiary alicyclic amines) is 1. The number of piperidine rings is 1. The fourth-order valence-corrected chi connectivity index (χ4v) is 6.33. The second-order valence-electron chi connectivity index (χ2n) is 9.02. The van der Waals surface area contributed by atoms with Gasteiger partial charge in [-0.15, -0.1) is 0 Å². The number of nitrogens with two attached hydrogens (primary N) is 1. The van der Waals surface area contributed by atoms with Crippen molar-refractivity contribution in [3.63, 3.8) is 0 Å². The van der Waals surface area contributed by atoms with Crippen LogP contribution in [-0.2, 0) is 21.4 Å². The summed E-state index contributed by atoms with van der Waals surface area (Å²) in [7, 11) is -4.05. The van der Waals surface area contributed by atoms with Gasteiger partial charge in [-0.1, -0.05) is 23.7 Å². The Morgan fingerprint density at radius 1 is 1.25 bits per heavy atom. The molecule has 170 valence electrons. The quantitative estimate of drug-likeness (QED) is 0.690. The zero-order valence-corrected chi connectivity index (χ0v) is 19.6. The molecule has 0 bridgehead atoms. The summed E-state index contributed by atoms with van der Waals surface area (Å²) in [5.41, 5.74) is 1.84.